The van der Waals surface area contributed by atoms with Gasteiger partial charge in [-0.15, -0.1) is 0 Å². The third kappa shape index (κ3) is 2.06. The van der Waals surface area contributed by atoms with Crippen molar-refractivity contribution in [1.82, 2.24) is 9.55 Å². The molecule has 94 valence electrons. The van der Waals surface area contributed by atoms with Crippen LogP contribution < -0.4 is 0 Å². The van der Waals surface area contributed by atoms with Crippen molar-refractivity contribution in [2.75, 3.05) is 0 Å². The molecule has 1 fully saturated rings. The summed E-state index contributed by atoms with van der Waals surface area (Å²) in [5.74, 6) is 0. The normalized spacial score (nSPS) is 16.8. The van der Waals surface area contributed by atoms with Crippen LogP contribution in [0.1, 0.15) is 48.7 Å². The summed E-state index contributed by atoms with van der Waals surface area (Å²) in [4.78, 5) is 4.18. The van der Waals surface area contributed by atoms with Gasteiger partial charge < -0.3 is 9.67 Å². The fourth-order valence-corrected chi connectivity index (χ4v) is 2.34. The van der Waals surface area contributed by atoms with Crippen molar-refractivity contribution >= 4 is 0 Å². The zero-order chi connectivity index (χ0) is 12.5. The van der Waals surface area contributed by atoms with Gasteiger partial charge in [-0.3, -0.25) is 0 Å². The molecule has 1 aliphatic carbocycles. The highest BCUT2D eigenvalue weighted by Crippen LogP contribution is 2.37. The van der Waals surface area contributed by atoms with Gasteiger partial charge in [0.05, 0.1) is 18.2 Å². The average molecular weight is 242 g/mol. The van der Waals surface area contributed by atoms with Crippen LogP contribution in [0, 0.1) is 0 Å². The standard InChI is InChI=1S/C15H18N2O/c1-2-11-4-3-5-12(8-11)15(18)14-9-16-10-17(14)13-6-7-13/h3-5,8-10,13,15,18H,2,6-7H2,1H3. The Morgan fingerprint density at radius 1 is 1.44 bits per heavy atom. The van der Waals surface area contributed by atoms with Gasteiger partial charge in [0.25, 0.3) is 0 Å². The number of aromatic nitrogens is 2. The van der Waals surface area contributed by atoms with E-state index in [1.54, 1.807) is 6.20 Å². The van der Waals surface area contributed by atoms with Crippen molar-refractivity contribution in [1.29, 1.82) is 0 Å². The summed E-state index contributed by atoms with van der Waals surface area (Å²) in [6.07, 6.45) is 6.43. The van der Waals surface area contributed by atoms with E-state index in [1.807, 2.05) is 18.5 Å². The van der Waals surface area contributed by atoms with E-state index in [0.717, 1.165) is 17.7 Å². The number of rotatable bonds is 4. The molecule has 1 aromatic carbocycles. The predicted octanol–water partition coefficient (Wildman–Crippen LogP) is 2.86. The Morgan fingerprint density at radius 3 is 3.00 bits per heavy atom. The van der Waals surface area contributed by atoms with E-state index < -0.39 is 6.10 Å². The van der Waals surface area contributed by atoms with Crippen LogP contribution in [-0.4, -0.2) is 14.7 Å². The van der Waals surface area contributed by atoms with E-state index in [4.69, 9.17) is 0 Å². The van der Waals surface area contributed by atoms with Gasteiger partial charge in [-0.05, 0) is 30.4 Å². The number of aliphatic hydroxyl groups excluding tert-OH is 1. The van der Waals surface area contributed by atoms with Crippen molar-refractivity contribution in [2.24, 2.45) is 0 Å². The van der Waals surface area contributed by atoms with Gasteiger partial charge in [-0.25, -0.2) is 4.98 Å². The summed E-state index contributed by atoms with van der Waals surface area (Å²) >= 11 is 0. The van der Waals surface area contributed by atoms with Crippen LogP contribution in [0.3, 0.4) is 0 Å². The smallest absolute Gasteiger partial charge is 0.121 e. The Kier molecular flexibility index (Phi) is 2.92. The molecule has 1 N–H and O–H groups in total. The zero-order valence-electron chi connectivity index (χ0n) is 10.6. The van der Waals surface area contributed by atoms with E-state index in [0.29, 0.717) is 6.04 Å². The Bertz CT molecular complexity index is 543. The highest BCUT2D eigenvalue weighted by atomic mass is 16.3. The predicted molar refractivity (Wildman–Crippen MR) is 70.4 cm³/mol. The highest BCUT2D eigenvalue weighted by molar-refractivity contribution is 5.30. The number of nitrogens with zero attached hydrogens (tertiary/aromatic N) is 2. The van der Waals surface area contributed by atoms with Gasteiger partial charge in [-0.2, -0.15) is 0 Å². The van der Waals surface area contributed by atoms with E-state index in [1.165, 1.54) is 18.4 Å². The topological polar surface area (TPSA) is 38.1 Å². The van der Waals surface area contributed by atoms with Crippen molar-refractivity contribution in [3.63, 3.8) is 0 Å². The number of hydrogen-bond acceptors (Lipinski definition) is 2. The largest absolute Gasteiger partial charge is 0.382 e. The first-order chi connectivity index (χ1) is 8.79. The number of aliphatic hydroxyl groups is 1. The van der Waals surface area contributed by atoms with Crippen LogP contribution in [0.4, 0.5) is 0 Å². The van der Waals surface area contributed by atoms with Gasteiger partial charge in [0.2, 0.25) is 0 Å². The van der Waals surface area contributed by atoms with Crippen LogP contribution in [-0.2, 0) is 6.42 Å². The van der Waals surface area contributed by atoms with Crippen LogP contribution in [0.2, 0.25) is 0 Å². The second-order valence-corrected chi connectivity index (χ2v) is 4.96. The fourth-order valence-electron chi connectivity index (χ4n) is 2.34. The lowest BCUT2D eigenvalue weighted by molar-refractivity contribution is 0.209. The minimum absolute atomic E-state index is 0.548. The first-order valence-electron chi connectivity index (χ1n) is 6.58. The summed E-state index contributed by atoms with van der Waals surface area (Å²) in [5, 5.41) is 10.5. The molecule has 3 nitrogen and oxygen atoms in total. The van der Waals surface area contributed by atoms with Crippen molar-refractivity contribution in [3.05, 3.63) is 53.6 Å². The van der Waals surface area contributed by atoms with E-state index in [9.17, 15) is 5.11 Å². The molecule has 3 rings (SSSR count). The van der Waals surface area contributed by atoms with Gasteiger partial charge in [0.1, 0.15) is 6.10 Å². The Balaban J connectivity index is 1.92. The molecular weight excluding hydrogens is 224 g/mol. The summed E-state index contributed by atoms with van der Waals surface area (Å²) in [6, 6.07) is 8.71. The molecule has 0 spiro atoms. The van der Waals surface area contributed by atoms with Gasteiger partial charge >= 0.3 is 0 Å². The van der Waals surface area contributed by atoms with E-state index in [2.05, 4.69) is 28.6 Å². The minimum Gasteiger partial charge on any atom is -0.382 e. The van der Waals surface area contributed by atoms with Gasteiger partial charge in [0.15, 0.2) is 0 Å². The Hall–Kier alpha value is -1.61. The molecule has 3 heteroatoms. The monoisotopic (exact) mass is 242 g/mol. The molecule has 1 aliphatic rings. The molecule has 1 saturated carbocycles. The van der Waals surface area contributed by atoms with Gasteiger partial charge in [-0.1, -0.05) is 31.2 Å². The molecule has 1 atom stereocenters. The van der Waals surface area contributed by atoms with Crippen molar-refractivity contribution in [2.45, 2.75) is 38.3 Å². The Labute approximate surface area is 107 Å². The number of imidazole rings is 1. The number of benzene rings is 1. The Morgan fingerprint density at radius 2 is 2.28 bits per heavy atom. The number of hydrogen-bond donors (Lipinski definition) is 1. The average Bonchev–Trinajstić information content (AvgIpc) is 3.15. The molecule has 1 unspecified atom stereocenters. The molecule has 18 heavy (non-hydrogen) atoms. The highest BCUT2D eigenvalue weighted by Gasteiger charge is 2.27. The van der Waals surface area contributed by atoms with E-state index in [-0.39, 0.29) is 0 Å². The maximum atomic E-state index is 10.5. The molecule has 0 saturated heterocycles. The lowest BCUT2D eigenvalue weighted by Gasteiger charge is -2.14. The maximum Gasteiger partial charge on any atom is 0.121 e. The SMILES string of the molecule is CCc1cccc(C(O)c2cncn2C2CC2)c1. The molecular formula is C15H18N2O. The minimum atomic E-state index is -0.570. The third-order valence-electron chi connectivity index (χ3n) is 3.59. The maximum absolute atomic E-state index is 10.5. The fraction of sp³-hybridized carbons (Fsp3) is 0.400. The van der Waals surface area contributed by atoms with E-state index >= 15 is 0 Å². The molecule has 1 aromatic heterocycles. The molecule has 0 bridgehead atoms. The van der Waals surface area contributed by atoms with Crippen LogP contribution in [0.15, 0.2) is 36.8 Å². The summed E-state index contributed by atoms with van der Waals surface area (Å²) in [5.41, 5.74) is 3.12. The second-order valence-electron chi connectivity index (χ2n) is 4.96. The lowest BCUT2D eigenvalue weighted by atomic mass is 10.0. The molecule has 0 radical (unpaired) electrons. The molecule has 0 amide bonds. The number of aryl methyl sites for hydroxylation is 1. The van der Waals surface area contributed by atoms with Crippen LogP contribution in [0.25, 0.3) is 0 Å². The first-order valence-corrected chi connectivity index (χ1v) is 6.58. The zero-order valence-corrected chi connectivity index (χ0v) is 10.6. The summed E-state index contributed by atoms with van der Waals surface area (Å²) in [6.45, 7) is 2.12. The lowest BCUT2D eigenvalue weighted by Crippen LogP contribution is -2.07. The van der Waals surface area contributed by atoms with Crippen LogP contribution in [0.5, 0.6) is 0 Å². The van der Waals surface area contributed by atoms with Crippen molar-refractivity contribution in [3.8, 4) is 0 Å². The molecule has 1 heterocycles. The molecule has 0 aliphatic heterocycles. The van der Waals surface area contributed by atoms with Gasteiger partial charge in [0, 0.05) is 6.04 Å². The summed E-state index contributed by atoms with van der Waals surface area (Å²) < 4.78 is 2.11. The van der Waals surface area contributed by atoms with Crippen molar-refractivity contribution < 1.29 is 5.11 Å². The summed E-state index contributed by atoms with van der Waals surface area (Å²) in [7, 11) is 0. The van der Waals surface area contributed by atoms with Crippen LogP contribution >= 0.6 is 0 Å². The first kappa shape index (κ1) is 11.5. The third-order valence-corrected chi connectivity index (χ3v) is 3.59. The quantitative estimate of drug-likeness (QED) is 0.895. The molecule has 2 aromatic rings. The second kappa shape index (κ2) is 4.58.